The van der Waals surface area contributed by atoms with Crippen LogP contribution in [0.25, 0.3) is 0 Å². The van der Waals surface area contributed by atoms with Crippen LogP contribution in [0.4, 0.5) is 17.3 Å². The van der Waals surface area contributed by atoms with Gasteiger partial charge in [0.2, 0.25) is 0 Å². The van der Waals surface area contributed by atoms with Gasteiger partial charge < -0.3 is 20.9 Å². The summed E-state index contributed by atoms with van der Waals surface area (Å²) in [4.78, 5) is 11.0. The van der Waals surface area contributed by atoms with Crippen LogP contribution in [0, 0.1) is 6.92 Å². The lowest BCUT2D eigenvalue weighted by Crippen LogP contribution is -2.42. The van der Waals surface area contributed by atoms with Crippen LogP contribution in [0.2, 0.25) is 0 Å². The van der Waals surface area contributed by atoms with Crippen molar-refractivity contribution in [2.45, 2.75) is 71.4 Å². The molecule has 0 amide bonds. The van der Waals surface area contributed by atoms with Crippen LogP contribution in [0.1, 0.15) is 56.5 Å². The number of nitrogens with one attached hydrogen (secondary N) is 3. The van der Waals surface area contributed by atoms with E-state index in [1.807, 2.05) is 32.0 Å². The Labute approximate surface area is 192 Å². The Morgan fingerprint density at radius 2 is 1.65 bits per heavy atom. The molecule has 0 unspecified atom stereocenters. The maximum absolute atomic E-state index is 5.66. The van der Waals surface area contributed by atoms with E-state index in [-0.39, 0.29) is 0 Å². The maximum Gasteiger partial charge on any atom is 0.171 e. The standard InChI is InChI=1S/C24H36N6S/c1-6-17-9-8-10-18(7-2)23(17)29-24(31)28-20-13-11-19(12-14-20)27-21-15-22(30(4)5)26-16(3)25-21/h8-10,15,19-20H,6-7,11-14H2,1-5H3,(H,25,26,27)(H2,28,29,31). The lowest BCUT2D eigenvalue weighted by Gasteiger charge is -2.31. The molecule has 1 aliphatic carbocycles. The molecule has 1 fully saturated rings. The second-order valence-electron chi connectivity index (χ2n) is 8.50. The van der Waals surface area contributed by atoms with Crippen molar-refractivity contribution in [3.63, 3.8) is 0 Å². The summed E-state index contributed by atoms with van der Waals surface area (Å²) in [5.74, 6) is 2.63. The van der Waals surface area contributed by atoms with E-state index < -0.39 is 0 Å². The molecule has 31 heavy (non-hydrogen) atoms. The first-order valence-corrected chi connectivity index (χ1v) is 11.8. The van der Waals surface area contributed by atoms with Gasteiger partial charge in [-0.2, -0.15) is 0 Å². The second kappa shape index (κ2) is 10.8. The number of aromatic nitrogens is 2. The van der Waals surface area contributed by atoms with Gasteiger partial charge in [0.05, 0.1) is 0 Å². The fourth-order valence-corrected chi connectivity index (χ4v) is 4.45. The Hall–Kier alpha value is -2.41. The summed E-state index contributed by atoms with van der Waals surface area (Å²) >= 11 is 5.66. The molecule has 3 N–H and O–H groups in total. The first-order chi connectivity index (χ1) is 14.9. The molecule has 6 nitrogen and oxygen atoms in total. The molecule has 1 aliphatic rings. The zero-order valence-electron chi connectivity index (χ0n) is 19.5. The third kappa shape index (κ3) is 6.29. The molecule has 7 heteroatoms. The molecule has 3 rings (SSSR count). The summed E-state index contributed by atoms with van der Waals surface area (Å²) in [5.41, 5.74) is 3.80. The monoisotopic (exact) mass is 440 g/mol. The number of aryl methyl sites for hydroxylation is 3. The summed E-state index contributed by atoms with van der Waals surface area (Å²) in [6.45, 7) is 6.31. The van der Waals surface area contributed by atoms with Gasteiger partial charge in [-0.3, -0.25) is 0 Å². The average molecular weight is 441 g/mol. The van der Waals surface area contributed by atoms with Gasteiger partial charge in [0, 0.05) is 37.9 Å². The SMILES string of the molecule is CCc1cccc(CC)c1NC(=S)NC1CCC(Nc2cc(N(C)C)nc(C)n2)CC1. The molecule has 168 valence electrons. The zero-order valence-corrected chi connectivity index (χ0v) is 20.3. The highest BCUT2D eigenvalue weighted by Crippen LogP contribution is 2.25. The van der Waals surface area contributed by atoms with Gasteiger partial charge in [-0.1, -0.05) is 32.0 Å². The van der Waals surface area contributed by atoms with Gasteiger partial charge in [0.1, 0.15) is 17.5 Å². The van der Waals surface area contributed by atoms with E-state index in [0.717, 1.165) is 61.1 Å². The number of para-hydroxylation sites is 1. The van der Waals surface area contributed by atoms with Crippen molar-refractivity contribution in [1.29, 1.82) is 0 Å². The highest BCUT2D eigenvalue weighted by atomic mass is 32.1. The molecule has 0 bridgehead atoms. The third-order valence-corrected chi connectivity index (χ3v) is 6.15. The Bertz CT molecular complexity index is 867. The van der Waals surface area contributed by atoms with E-state index >= 15 is 0 Å². The van der Waals surface area contributed by atoms with Crippen LogP contribution < -0.4 is 20.9 Å². The van der Waals surface area contributed by atoms with Crippen molar-refractivity contribution in [2.75, 3.05) is 29.6 Å². The van der Waals surface area contributed by atoms with Crippen molar-refractivity contribution in [3.8, 4) is 0 Å². The maximum atomic E-state index is 5.66. The van der Waals surface area contributed by atoms with Crippen molar-refractivity contribution < 1.29 is 0 Å². The average Bonchev–Trinajstić information content (AvgIpc) is 2.74. The van der Waals surface area contributed by atoms with Crippen molar-refractivity contribution >= 4 is 34.7 Å². The Balaban J connectivity index is 1.52. The van der Waals surface area contributed by atoms with E-state index in [1.54, 1.807) is 0 Å². The molecule has 2 aromatic rings. The fourth-order valence-electron chi connectivity index (χ4n) is 4.18. The lowest BCUT2D eigenvalue weighted by atomic mass is 9.91. The highest BCUT2D eigenvalue weighted by Gasteiger charge is 2.22. The highest BCUT2D eigenvalue weighted by molar-refractivity contribution is 7.80. The molecule has 0 radical (unpaired) electrons. The second-order valence-corrected chi connectivity index (χ2v) is 8.91. The third-order valence-electron chi connectivity index (χ3n) is 5.93. The Morgan fingerprint density at radius 1 is 1.03 bits per heavy atom. The summed E-state index contributed by atoms with van der Waals surface area (Å²) in [6, 6.07) is 9.34. The molecule has 0 spiro atoms. The summed E-state index contributed by atoms with van der Waals surface area (Å²) in [6.07, 6.45) is 6.33. The minimum atomic E-state index is 0.404. The molecule has 0 saturated heterocycles. The number of rotatable bonds is 7. The van der Waals surface area contributed by atoms with Crippen molar-refractivity contribution in [2.24, 2.45) is 0 Å². The van der Waals surface area contributed by atoms with Gasteiger partial charge in [-0.15, -0.1) is 0 Å². The first kappa shape index (κ1) is 23.3. The first-order valence-electron chi connectivity index (χ1n) is 11.4. The van der Waals surface area contributed by atoms with Gasteiger partial charge in [0.25, 0.3) is 0 Å². The van der Waals surface area contributed by atoms with E-state index in [2.05, 4.69) is 58.0 Å². The van der Waals surface area contributed by atoms with Gasteiger partial charge >= 0.3 is 0 Å². The van der Waals surface area contributed by atoms with Gasteiger partial charge in [-0.25, -0.2) is 9.97 Å². The van der Waals surface area contributed by atoms with E-state index in [1.165, 1.54) is 16.8 Å². The smallest absolute Gasteiger partial charge is 0.171 e. The van der Waals surface area contributed by atoms with Crippen LogP contribution in [0.15, 0.2) is 24.3 Å². The van der Waals surface area contributed by atoms with E-state index in [0.29, 0.717) is 12.1 Å². The predicted molar refractivity (Wildman–Crippen MR) is 135 cm³/mol. The molecule has 1 heterocycles. The number of hydrogen-bond donors (Lipinski definition) is 3. The summed E-state index contributed by atoms with van der Waals surface area (Å²) in [5, 5.41) is 11.4. The van der Waals surface area contributed by atoms with E-state index in [4.69, 9.17) is 12.2 Å². The van der Waals surface area contributed by atoms with Crippen LogP contribution >= 0.6 is 12.2 Å². The predicted octanol–water partition coefficient (Wildman–Crippen LogP) is 4.69. The molecular formula is C24H36N6S. The van der Waals surface area contributed by atoms with E-state index in [9.17, 15) is 0 Å². The van der Waals surface area contributed by atoms with Crippen LogP contribution in [0.3, 0.4) is 0 Å². The van der Waals surface area contributed by atoms with Crippen molar-refractivity contribution in [1.82, 2.24) is 15.3 Å². The number of benzene rings is 1. The van der Waals surface area contributed by atoms with Crippen LogP contribution in [0.5, 0.6) is 0 Å². The number of nitrogens with zero attached hydrogens (tertiary/aromatic N) is 3. The molecule has 0 atom stereocenters. The summed E-state index contributed by atoms with van der Waals surface area (Å²) in [7, 11) is 4.00. The normalized spacial score (nSPS) is 18.4. The number of thiocarbonyl (C=S) groups is 1. The summed E-state index contributed by atoms with van der Waals surface area (Å²) < 4.78 is 0. The minimum Gasteiger partial charge on any atom is -0.367 e. The Kier molecular flexibility index (Phi) is 8.07. The fraction of sp³-hybridized carbons (Fsp3) is 0.542. The quantitative estimate of drug-likeness (QED) is 0.540. The zero-order chi connectivity index (χ0) is 22.4. The lowest BCUT2D eigenvalue weighted by molar-refractivity contribution is 0.388. The number of hydrogen-bond acceptors (Lipinski definition) is 5. The van der Waals surface area contributed by atoms with Gasteiger partial charge in [-0.05, 0) is 68.8 Å². The van der Waals surface area contributed by atoms with Gasteiger partial charge in [0.15, 0.2) is 5.11 Å². The Morgan fingerprint density at radius 3 is 2.23 bits per heavy atom. The minimum absolute atomic E-state index is 0.404. The molecule has 0 aliphatic heterocycles. The van der Waals surface area contributed by atoms with Crippen LogP contribution in [-0.4, -0.2) is 41.3 Å². The molecular weight excluding hydrogens is 404 g/mol. The van der Waals surface area contributed by atoms with Crippen molar-refractivity contribution in [3.05, 3.63) is 41.2 Å². The molecule has 1 aromatic heterocycles. The number of anilines is 3. The molecule has 1 aromatic carbocycles. The van der Waals surface area contributed by atoms with Crippen LogP contribution in [-0.2, 0) is 12.8 Å². The largest absolute Gasteiger partial charge is 0.367 e. The topological polar surface area (TPSA) is 65.1 Å². The molecule has 1 saturated carbocycles.